The molecule has 0 saturated heterocycles. The summed E-state index contributed by atoms with van der Waals surface area (Å²) in [6.45, 7) is -0.269. The molecule has 0 bridgehead atoms. The number of alkyl halides is 1. The smallest absolute Gasteiger partial charge is 0.204 e. The van der Waals surface area contributed by atoms with Crippen LogP contribution in [0.3, 0.4) is 0 Å². The molecule has 0 spiro atoms. The van der Waals surface area contributed by atoms with Crippen LogP contribution >= 0.6 is 0 Å². The lowest BCUT2D eigenvalue weighted by atomic mass is 10.0. The zero-order valence-electron chi connectivity index (χ0n) is 6.66. The van der Waals surface area contributed by atoms with Crippen molar-refractivity contribution in [2.75, 3.05) is 6.61 Å². The Morgan fingerprint density at radius 1 is 1.54 bits per heavy atom. The Balaban J connectivity index is 2.50. The lowest BCUT2D eigenvalue weighted by Crippen LogP contribution is -2.28. The highest BCUT2D eigenvalue weighted by atomic mass is 19.1. The molecular formula is C9H7FO3. The van der Waals surface area contributed by atoms with Gasteiger partial charge in [0.2, 0.25) is 5.78 Å². The van der Waals surface area contributed by atoms with Gasteiger partial charge in [-0.1, -0.05) is 0 Å². The van der Waals surface area contributed by atoms with E-state index in [1.807, 2.05) is 0 Å². The maximum Gasteiger partial charge on any atom is 0.204 e. The summed E-state index contributed by atoms with van der Waals surface area (Å²) in [4.78, 5) is 11.2. The number of ketones is 1. The van der Waals surface area contributed by atoms with Crippen LogP contribution in [0.25, 0.3) is 0 Å². The number of phenols is 1. The van der Waals surface area contributed by atoms with E-state index in [1.54, 1.807) is 0 Å². The quantitative estimate of drug-likeness (QED) is 0.657. The van der Waals surface area contributed by atoms with Crippen molar-refractivity contribution in [2.45, 2.75) is 6.17 Å². The van der Waals surface area contributed by atoms with Gasteiger partial charge in [0.25, 0.3) is 0 Å². The highest BCUT2D eigenvalue weighted by Crippen LogP contribution is 2.29. The van der Waals surface area contributed by atoms with Crippen LogP contribution in [0.15, 0.2) is 18.2 Å². The third kappa shape index (κ3) is 1.24. The summed E-state index contributed by atoms with van der Waals surface area (Å²) < 4.78 is 17.8. The Morgan fingerprint density at radius 3 is 3.08 bits per heavy atom. The Kier molecular flexibility index (Phi) is 1.69. The molecule has 0 radical (unpaired) electrons. The fourth-order valence-electron chi connectivity index (χ4n) is 1.24. The standard InChI is InChI=1S/C9H7FO3/c10-7-4-13-8-3-5(11)1-2-6(8)9(7)12/h1-3,7,11H,4H2. The van der Waals surface area contributed by atoms with Crippen molar-refractivity contribution in [1.82, 2.24) is 0 Å². The Morgan fingerprint density at radius 2 is 2.31 bits per heavy atom. The van der Waals surface area contributed by atoms with Crippen LogP contribution < -0.4 is 4.74 Å². The molecule has 68 valence electrons. The van der Waals surface area contributed by atoms with E-state index in [9.17, 15) is 9.18 Å². The molecule has 0 aromatic heterocycles. The molecule has 1 aromatic rings. The van der Waals surface area contributed by atoms with Crippen LogP contribution in [-0.4, -0.2) is 23.7 Å². The molecule has 0 aliphatic carbocycles. The number of carbonyl (C=O) groups is 1. The van der Waals surface area contributed by atoms with Gasteiger partial charge >= 0.3 is 0 Å². The minimum atomic E-state index is -1.59. The predicted molar refractivity (Wildman–Crippen MR) is 42.8 cm³/mol. The molecule has 1 atom stereocenters. The summed E-state index contributed by atoms with van der Waals surface area (Å²) in [5.41, 5.74) is 0.191. The number of rotatable bonds is 0. The molecule has 0 saturated carbocycles. The summed E-state index contributed by atoms with van der Waals surface area (Å²) in [7, 11) is 0. The molecule has 4 heteroatoms. The third-order valence-corrected chi connectivity index (χ3v) is 1.90. The first kappa shape index (κ1) is 8.04. The number of aromatic hydroxyl groups is 1. The predicted octanol–water partition coefficient (Wildman–Crippen LogP) is 1.31. The van der Waals surface area contributed by atoms with Gasteiger partial charge in [0.15, 0.2) is 6.17 Å². The summed E-state index contributed by atoms with van der Waals surface area (Å²) in [5, 5.41) is 9.06. The average molecular weight is 182 g/mol. The zero-order chi connectivity index (χ0) is 9.42. The SMILES string of the molecule is O=C1c2ccc(O)cc2OCC1F. The maximum atomic E-state index is 12.8. The first-order chi connectivity index (χ1) is 6.18. The summed E-state index contributed by atoms with van der Waals surface area (Å²) in [6, 6.07) is 4.00. The lowest BCUT2D eigenvalue weighted by Gasteiger charge is -2.18. The molecular weight excluding hydrogens is 175 g/mol. The van der Waals surface area contributed by atoms with E-state index in [2.05, 4.69) is 0 Å². The molecule has 1 aliphatic rings. The summed E-state index contributed by atoms with van der Waals surface area (Å²) in [5.74, 6) is -0.330. The molecule has 3 nitrogen and oxygen atoms in total. The number of hydrogen-bond acceptors (Lipinski definition) is 3. The van der Waals surface area contributed by atoms with Crippen LogP contribution in [-0.2, 0) is 0 Å². The molecule has 1 N–H and O–H groups in total. The van der Waals surface area contributed by atoms with Gasteiger partial charge in [-0.15, -0.1) is 0 Å². The number of Topliss-reactive ketones (excluding diaryl/α,β-unsaturated/α-hetero) is 1. The number of halogens is 1. The fraction of sp³-hybridized carbons (Fsp3) is 0.222. The van der Waals surface area contributed by atoms with Crippen LogP contribution in [0, 0.1) is 0 Å². The van der Waals surface area contributed by atoms with Gasteiger partial charge in [-0.25, -0.2) is 4.39 Å². The Bertz CT molecular complexity index is 362. The number of carbonyl (C=O) groups excluding carboxylic acids is 1. The van der Waals surface area contributed by atoms with Crippen molar-refractivity contribution in [1.29, 1.82) is 0 Å². The number of benzene rings is 1. The first-order valence-electron chi connectivity index (χ1n) is 3.82. The van der Waals surface area contributed by atoms with Crippen molar-refractivity contribution in [3.8, 4) is 11.5 Å². The van der Waals surface area contributed by atoms with Gasteiger partial charge in [0.05, 0.1) is 5.56 Å². The zero-order valence-corrected chi connectivity index (χ0v) is 6.66. The Labute approximate surface area is 73.8 Å². The van der Waals surface area contributed by atoms with E-state index >= 15 is 0 Å². The molecule has 13 heavy (non-hydrogen) atoms. The van der Waals surface area contributed by atoms with E-state index in [0.29, 0.717) is 0 Å². The molecule has 0 amide bonds. The molecule has 1 unspecified atom stereocenters. The van der Waals surface area contributed by atoms with Gasteiger partial charge < -0.3 is 9.84 Å². The summed E-state index contributed by atoms with van der Waals surface area (Å²) in [6.07, 6.45) is -1.59. The van der Waals surface area contributed by atoms with E-state index in [4.69, 9.17) is 9.84 Å². The van der Waals surface area contributed by atoms with Crippen LogP contribution in [0.2, 0.25) is 0 Å². The van der Waals surface area contributed by atoms with Crippen molar-refractivity contribution < 1.29 is 19.0 Å². The van der Waals surface area contributed by atoms with E-state index in [0.717, 1.165) is 0 Å². The molecule has 2 rings (SSSR count). The lowest BCUT2D eigenvalue weighted by molar-refractivity contribution is 0.0764. The van der Waals surface area contributed by atoms with Crippen LogP contribution in [0.4, 0.5) is 4.39 Å². The monoisotopic (exact) mass is 182 g/mol. The van der Waals surface area contributed by atoms with E-state index in [1.165, 1.54) is 18.2 Å². The van der Waals surface area contributed by atoms with E-state index in [-0.39, 0.29) is 23.7 Å². The highest BCUT2D eigenvalue weighted by molar-refractivity contribution is 6.02. The number of fused-ring (bicyclic) bond motifs is 1. The second-order valence-corrected chi connectivity index (χ2v) is 2.82. The van der Waals surface area contributed by atoms with Crippen LogP contribution in [0.5, 0.6) is 11.5 Å². The highest BCUT2D eigenvalue weighted by Gasteiger charge is 2.28. The first-order valence-corrected chi connectivity index (χ1v) is 3.82. The number of phenolic OH excluding ortho intramolecular Hbond substituents is 1. The topological polar surface area (TPSA) is 46.5 Å². The van der Waals surface area contributed by atoms with Crippen molar-refractivity contribution in [3.05, 3.63) is 23.8 Å². The fourth-order valence-corrected chi connectivity index (χ4v) is 1.24. The van der Waals surface area contributed by atoms with Gasteiger partial charge in [-0.05, 0) is 12.1 Å². The van der Waals surface area contributed by atoms with Gasteiger partial charge in [0.1, 0.15) is 18.1 Å². The summed E-state index contributed by atoms with van der Waals surface area (Å²) >= 11 is 0. The van der Waals surface area contributed by atoms with Crippen LogP contribution in [0.1, 0.15) is 10.4 Å². The minimum absolute atomic E-state index is 0.00357. The second-order valence-electron chi connectivity index (χ2n) is 2.82. The van der Waals surface area contributed by atoms with Crippen molar-refractivity contribution >= 4 is 5.78 Å². The molecule has 1 aromatic carbocycles. The van der Waals surface area contributed by atoms with Gasteiger partial charge in [-0.2, -0.15) is 0 Å². The second kappa shape index (κ2) is 2.73. The average Bonchev–Trinajstić information content (AvgIpc) is 2.12. The normalized spacial score (nSPS) is 20.7. The van der Waals surface area contributed by atoms with Gasteiger partial charge in [-0.3, -0.25) is 4.79 Å². The number of hydrogen-bond donors (Lipinski definition) is 1. The minimum Gasteiger partial charge on any atom is -0.508 e. The number of ether oxygens (including phenoxy) is 1. The molecule has 0 fully saturated rings. The molecule has 1 aliphatic heterocycles. The Hall–Kier alpha value is -1.58. The van der Waals surface area contributed by atoms with E-state index < -0.39 is 12.0 Å². The third-order valence-electron chi connectivity index (χ3n) is 1.90. The molecule has 1 heterocycles. The largest absolute Gasteiger partial charge is 0.508 e. The van der Waals surface area contributed by atoms with Crippen molar-refractivity contribution in [2.24, 2.45) is 0 Å². The maximum absolute atomic E-state index is 12.8. The van der Waals surface area contributed by atoms with Gasteiger partial charge in [0, 0.05) is 6.07 Å². The van der Waals surface area contributed by atoms with Crippen molar-refractivity contribution in [3.63, 3.8) is 0 Å².